The predicted molar refractivity (Wildman–Crippen MR) is 70.9 cm³/mol. The fourth-order valence-corrected chi connectivity index (χ4v) is 2.73. The van der Waals surface area contributed by atoms with Gasteiger partial charge in [-0.15, -0.1) is 11.3 Å². The highest BCUT2D eigenvalue weighted by molar-refractivity contribution is 7.17. The van der Waals surface area contributed by atoms with Gasteiger partial charge in [0.1, 0.15) is 12.2 Å². The normalized spacial score (nSPS) is 11.2. The molecule has 0 spiro atoms. The lowest BCUT2D eigenvalue weighted by Gasteiger charge is -2.06. The highest BCUT2D eigenvalue weighted by Gasteiger charge is 2.07. The lowest BCUT2D eigenvalue weighted by molar-refractivity contribution is 0.587. The first-order valence-electron chi connectivity index (χ1n) is 5.73. The molecule has 0 saturated carbocycles. The van der Waals surface area contributed by atoms with E-state index in [0.717, 1.165) is 22.5 Å². The summed E-state index contributed by atoms with van der Waals surface area (Å²) in [6.07, 6.45) is 3.34. The number of nitrogens with zero attached hydrogens (tertiary/aromatic N) is 4. The lowest BCUT2D eigenvalue weighted by Crippen LogP contribution is -2.21. The number of aromatic nitrogens is 4. The van der Waals surface area contributed by atoms with E-state index in [1.807, 2.05) is 30.6 Å². The summed E-state index contributed by atoms with van der Waals surface area (Å²) in [5.74, 6) is 0.800. The molecule has 6 heteroatoms. The zero-order chi connectivity index (χ0) is 12.5. The van der Waals surface area contributed by atoms with Gasteiger partial charge in [0.2, 0.25) is 0 Å². The van der Waals surface area contributed by atoms with Crippen LogP contribution in [-0.4, -0.2) is 19.3 Å². The minimum absolute atomic E-state index is 0.0272. The SMILES string of the molecule is CCn1ncnc1Cn1ccc2sccc2c1=O. The van der Waals surface area contributed by atoms with Crippen LogP contribution in [0, 0.1) is 0 Å². The van der Waals surface area contributed by atoms with E-state index >= 15 is 0 Å². The van der Waals surface area contributed by atoms with Crippen LogP contribution in [0.2, 0.25) is 0 Å². The zero-order valence-electron chi connectivity index (χ0n) is 9.91. The average molecular weight is 260 g/mol. The van der Waals surface area contributed by atoms with Gasteiger partial charge in [-0.2, -0.15) is 5.10 Å². The maximum absolute atomic E-state index is 12.2. The Morgan fingerprint density at radius 3 is 3.11 bits per heavy atom. The molecular formula is C12H12N4OS. The minimum Gasteiger partial charge on any atom is -0.307 e. The second-order valence-corrected chi connectivity index (χ2v) is 4.89. The van der Waals surface area contributed by atoms with Gasteiger partial charge >= 0.3 is 0 Å². The summed E-state index contributed by atoms with van der Waals surface area (Å²) in [6.45, 7) is 3.21. The molecule has 0 aliphatic carbocycles. The Balaban J connectivity index is 2.05. The van der Waals surface area contributed by atoms with Crippen molar-refractivity contribution in [2.45, 2.75) is 20.0 Å². The maximum atomic E-state index is 12.2. The maximum Gasteiger partial charge on any atom is 0.259 e. The third kappa shape index (κ3) is 1.74. The minimum atomic E-state index is 0.0272. The first-order chi connectivity index (χ1) is 8.79. The number of fused-ring (bicyclic) bond motifs is 1. The van der Waals surface area contributed by atoms with Crippen LogP contribution in [0.1, 0.15) is 12.7 Å². The van der Waals surface area contributed by atoms with Crippen LogP contribution in [0.4, 0.5) is 0 Å². The molecule has 0 amide bonds. The second-order valence-electron chi connectivity index (χ2n) is 3.94. The molecule has 0 fully saturated rings. The Bertz CT molecular complexity index is 740. The van der Waals surface area contributed by atoms with Gasteiger partial charge in [-0.3, -0.25) is 4.79 Å². The van der Waals surface area contributed by atoms with Gasteiger partial charge in [0.05, 0.1) is 11.9 Å². The molecule has 92 valence electrons. The smallest absolute Gasteiger partial charge is 0.259 e. The van der Waals surface area contributed by atoms with Crippen LogP contribution in [0.3, 0.4) is 0 Å². The van der Waals surface area contributed by atoms with E-state index in [4.69, 9.17) is 0 Å². The third-order valence-corrected chi connectivity index (χ3v) is 3.78. The molecule has 0 aromatic carbocycles. The van der Waals surface area contributed by atoms with Gasteiger partial charge in [0.15, 0.2) is 0 Å². The van der Waals surface area contributed by atoms with Crippen LogP contribution >= 0.6 is 11.3 Å². The van der Waals surface area contributed by atoms with Gasteiger partial charge in [0, 0.05) is 17.4 Å². The molecule has 3 heterocycles. The first-order valence-corrected chi connectivity index (χ1v) is 6.61. The summed E-state index contributed by atoms with van der Waals surface area (Å²) in [4.78, 5) is 16.4. The standard InChI is InChI=1S/C12H12N4OS/c1-2-16-11(13-8-14-16)7-15-5-3-10-9(12(15)17)4-6-18-10/h3-6,8H,2,7H2,1H3. The van der Waals surface area contributed by atoms with Crippen molar-refractivity contribution in [1.29, 1.82) is 0 Å². The van der Waals surface area contributed by atoms with Crippen LogP contribution in [0.5, 0.6) is 0 Å². The van der Waals surface area contributed by atoms with Crippen LogP contribution in [-0.2, 0) is 13.1 Å². The topological polar surface area (TPSA) is 52.7 Å². The molecule has 0 bridgehead atoms. The summed E-state index contributed by atoms with van der Waals surface area (Å²) in [5, 5.41) is 6.81. The molecule has 3 aromatic rings. The van der Waals surface area contributed by atoms with Crippen molar-refractivity contribution < 1.29 is 0 Å². The Morgan fingerprint density at radius 2 is 2.28 bits per heavy atom. The summed E-state index contributed by atoms with van der Waals surface area (Å²) >= 11 is 1.58. The molecule has 0 saturated heterocycles. The fourth-order valence-electron chi connectivity index (χ4n) is 1.96. The van der Waals surface area contributed by atoms with E-state index in [1.54, 1.807) is 20.6 Å². The molecule has 5 nitrogen and oxygen atoms in total. The molecule has 0 atom stereocenters. The van der Waals surface area contributed by atoms with Gasteiger partial charge in [-0.05, 0) is 24.4 Å². The van der Waals surface area contributed by atoms with Crippen LogP contribution < -0.4 is 5.56 Å². The number of thiophene rings is 1. The van der Waals surface area contributed by atoms with Crippen LogP contribution in [0.25, 0.3) is 10.1 Å². The monoisotopic (exact) mass is 260 g/mol. The fraction of sp³-hybridized carbons (Fsp3) is 0.250. The van der Waals surface area contributed by atoms with Crippen molar-refractivity contribution >= 4 is 21.4 Å². The first kappa shape index (κ1) is 11.2. The number of aryl methyl sites for hydroxylation is 1. The highest BCUT2D eigenvalue weighted by atomic mass is 32.1. The second kappa shape index (κ2) is 4.38. The quantitative estimate of drug-likeness (QED) is 0.720. The Labute approximate surface area is 107 Å². The number of hydrogen-bond acceptors (Lipinski definition) is 4. The van der Waals surface area contributed by atoms with E-state index in [1.165, 1.54) is 6.33 Å². The van der Waals surface area contributed by atoms with Crippen molar-refractivity contribution in [3.05, 3.63) is 46.2 Å². The van der Waals surface area contributed by atoms with Crippen LogP contribution in [0.15, 0.2) is 34.8 Å². The van der Waals surface area contributed by atoms with Gasteiger partial charge < -0.3 is 4.57 Å². The Kier molecular flexibility index (Phi) is 2.71. The number of rotatable bonds is 3. The molecule has 0 radical (unpaired) electrons. The number of hydrogen-bond donors (Lipinski definition) is 0. The van der Waals surface area contributed by atoms with E-state index in [2.05, 4.69) is 10.1 Å². The van der Waals surface area contributed by atoms with E-state index in [9.17, 15) is 4.79 Å². The van der Waals surface area contributed by atoms with Crippen molar-refractivity contribution in [3.8, 4) is 0 Å². The molecule has 3 aromatic heterocycles. The molecule has 3 rings (SSSR count). The predicted octanol–water partition coefficient (Wildman–Crippen LogP) is 1.72. The van der Waals surface area contributed by atoms with Crippen molar-refractivity contribution in [2.75, 3.05) is 0 Å². The van der Waals surface area contributed by atoms with Crippen molar-refractivity contribution in [3.63, 3.8) is 0 Å². The molecule has 18 heavy (non-hydrogen) atoms. The molecule has 0 aliphatic rings. The Hall–Kier alpha value is -1.95. The third-order valence-electron chi connectivity index (χ3n) is 2.90. The zero-order valence-corrected chi connectivity index (χ0v) is 10.7. The van der Waals surface area contributed by atoms with E-state index in [-0.39, 0.29) is 5.56 Å². The highest BCUT2D eigenvalue weighted by Crippen LogP contribution is 2.16. The molecule has 0 N–H and O–H groups in total. The molecule has 0 unspecified atom stereocenters. The molecular weight excluding hydrogens is 248 g/mol. The number of pyridine rings is 1. The summed E-state index contributed by atoms with van der Waals surface area (Å²) in [5.41, 5.74) is 0.0272. The van der Waals surface area contributed by atoms with Gasteiger partial charge in [-0.25, -0.2) is 9.67 Å². The van der Waals surface area contributed by atoms with Crippen molar-refractivity contribution in [2.24, 2.45) is 0 Å². The van der Waals surface area contributed by atoms with E-state index < -0.39 is 0 Å². The van der Waals surface area contributed by atoms with Gasteiger partial charge in [-0.1, -0.05) is 0 Å². The average Bonchev–Trinajstić information content (AvgIpc) is 3.01. The largest absolute Gasteiger partial charge is 0.307 e. The van der Waals surface area contributed by atoms with Gasteiger partial charge in [0.25, 0.3) is 5.56 Å². The summed E-state index contributed by atoms with van der Waals surface area (Å²) < 4.78 is 4.49. The molecule has 0 aliphatic heterocycles. The van der Waals surface area contributed by atoms with E-state index in [0.29, 0.717) is 6.54 Å². The summed E-state index contributed by atoms with van der Waals surface area (Å²) in [7, 11) is 0. The lowest BCUT2D eigenvalue weighted by atomic mass is 10.3. The Morgan fingerprint density at radius 1 is 1.39 bits per heavy atom. The van der Waals surface area contributed by atoms with Crippen molar-refractivity contribution in [1.82, 2.24) is 19.3 Å². The summed E-state index contributed by atoms with van der Waals surface area (Å²) in [6, 6.07) is 3.83.